The molecule has 0 amide bonds. The maximum Gasteiger partial charge on any atom is 0.155 e. The monoisotopic (exact) mass is 264 g/mol. The minimum absolute atomic E-state index is 0.954. The number of fused-ring (bicyclic) bond motifs is 3. The van der Waals surface area contributed by atoms with Gasteiger partial charge in [0.15, 0.2) is 5.65 Å². The third-order valence-electron chi connectivity index (χ3n) is 3.90. The SMILES string of the molecule is c1ccc(CN2CCc3nc4cnccn4c3C2)cc1. The van der Waals surface area contributed by atoms with E-state index < -0.39 is 0 Å². The van der Waals surface area contributed by atoms with Crippen molar-refractivity contribution in [2.75, 3.05) is 6.54 Å². The summed E-state index contributed by atoms with van der Waals surface area (Å²) >= 11 is 0. The normalized spacial score (nSPS) is 15.4. The summed E-state index contributed by atoms with van der Waals surface area (Å²) in [7, 11) is 0. The van der Waals surface area contributed by atoms with Crippen LogP contribution in [0.2, 0.25) is 0 Å². The summed E-state index contributed by atoms with van der Waals surface area (Å²) in [6.07, 6.45) is 6.68. The number of hydrogen-bond acceptors (Lipinski definition) is 3. The Morgan fingerprint density at radius 1 is 1.15 bits per heavy atom. The Morgan fingerprint density at radius 3 is 2.95 bits per heavy atom. The van der Waals surface area contributed by atoms with Crippen LogP contribution in [-0.2, 0) is 19.5 Å². The molecular formula is C16H16N4. The highest BCUT2D eigenvalue weighted by Crippen LogP contribution is 2.21. The van der Waals surface area contributed by atoms with Crippen molar-refractivity contribution < 1.29 is 0 Å². The minimum atomic E-state index is 0.954. The van der Waals surface area contributed by atoms with E-state index in [0.717, 1.165) is 31.7 Å². The number of imidazole rings is 1. The largest absolute Gasteiger partial charge is 0.300 e. The molecule has 1 aromatic carbocycles. The van der Waals surface area contributed by atoms with Crippen LogP contribution >= 0.6 is 0 Å². The Morgan fingerprint density at radius 2 is 2.05 bits per heavy atom. The van der Waals surface area contributed by atoms with Crippen molar-refractivity contribution in [3.63, 3.8) is 0 Å². The van der Waals surface area contributed by atoms with Gasteiger partial charge >= 0.3 is 0 Å². The third-order valence-corrected chi connectivity index (χ3v) is 3.90. The van der Waals surface area contributed by atoms with Gasteiger partial charge in [0.1, 0.15) is 0 Å². The summed E-state index contributed by atoms with van der Waals surface area (Å²) < 4.78 is 2.17. The molecule has 0 spiro atoms. The number of aromatic nitrogens is 3. The van der Waals surface area contributed by atoms with Crippen LogP contribution < -0.4 is 0 Å². The van der Waals surface area contributed by atoms with Gasteiger partial charge in [-0.3, -0.25) is 14.3 Å². The predicted octanol–water partition coefficient (Wildman–Crippen LogP) is 2.29. The Labute approximate surface area is 117 Å². The molecule has 0 fully saturated rings. The molecule has 3 aromatic rings. The van der Waals surface area contributed by atoms with Gasteiger partial charge < -0.3 is 0 Å². The number of rotatable bonds is 2. The quantitative estimate of drug-likeness (QED) is 0.712. The number of hydrogen-bond donors (Lipinski definition) is 0. The second-order valence-corrected chi connectivity index (χ2v) is 5.26. The van der Waals surface area contributed by atoms with Gasteiger partial charge in [-0.1, -0.05) is 30.3 Å². The molecule has 100 valence electrons. The fourth-order valence-corrected chi connectivity index (χ4v) is 2.91. The second-order valence-electron chi connectivity index (χ2n) is 5.26. The molecule has 1 aliphatic rings. The van der Waals surface area contributed by atoms with Gasteiger partial charge in [0, 0.05) is 38.4 Å². The van der Waals surface area contributed by atoms with E-state index in [1.54, 1.807) is 0 Å². The molecule has 2 aromatic heterocycles. The molecule has 0 atom stereocenters. The highest BCUT2D eigenvalue weighted by Gasteiger charge is 2.21. The standard InChI is InChI=1S/C16H16N4/c1-2-4-13(5-3-1)11-19-8-6-14-15(12-19)20-9-7-17-10-16(20)18-14/h1-5,7,9-10H,6,8,11-12H2. The Kier molecular flexibility index (Phi) is 2.74. The van der Waals surface area contributed by atoms with Crippen LogP contribution in [0, 0.1) is 0 Å². The minimum Gasteiger partial charge on any atom is -0.300 e. The van der Waals surface area contributed by atoms with Gasteiger partial charge in [-0.2, -0.15) is 0 Å². The van der Waals surface area contributed by atoms with Crippen LogP contribution in [0.1, 0.15) is 17.0 Å². The molecule has 1 aliphatic heterocycles. The lowest BCUT2D eigenvalue weighted by Crippen LogP contribution is -2.30. The van der Waals surface area contributed by atoms with Crippen molar-refractivity contribution in [2.24, 2.45) is 0 Å². The zero-order valence-corrected chi connectivity index (χ0v) is 11.2. The average molecular weight is 264 g/mol. The van der Waals surface area contributed by atoms with E-state index in [4.69, 9.17) is 0 Å². The zero-order valence-electron chi connectivity index (χ0n) is 11.2. The Balaban J connectivity index is 1.63. The molecule has 0 saturated carbocycles. The molecule has 0 bridgehead atoms. The van der Waals surface area contributed by atoms with Crippen molar-refractivity contribution in [2.45, 2.75) is 19.5 Å². The van der Waals surface area contributed by atoms with Gasteiger partial charge in [-0.25, -0.2) is 4.98 Å². The van der Waals surface area contributed by atoms with E-state index in [0.29, 0.717) is 0 Å². The van der Waals surface area contributed by atoms with E-state index in [-0.39, 0.29) is 0 Å². The maximum absolute atomic E-state index is 4.67. The number of benzene rings is 1. The van der Waals surface area contributed by atoms with Gasteiger partial charge in [-0.05, 0) is 5.56 Å². The van der Waals surface area contributed by atoms with Crippen LogP contribution in [0.5, 0.6) is 0 Å². The maximum atomic E-state index is 4.67. The average Bonchev–Trinajstić information content (AvgIpc) is 2.86. The summed E-state index contributed by atoms with van der Waals surface area (Å²) in [4.78, 5) is 11.3. The molecule has 0 saturated heterocycles. The first-order chi connectivity index (χ1) is 9.90. The van der Waals surface area contributed by atoms with Crippen LogP contribution in [0.15, 0.2) is 48.9 Å². The lowest BCUT2D eigenvalue weighted by molar-refractivity contribution is 0.240. The molecular weight excluding hydrogens is 248 g/mol. The first kappa shape index (κ1) is 11.6. The van der Waals surface area contributed by atoms with E-state index in [1.165, 1.54) is 17.0 Å². The highest BCUT2D eigenvalue weighted by molar-refractivity contribution is 5.41. The summed E-state index contributed by atoms with van der Waals surface area (Å²) in [6.45, 7) is 3.02. The summed E-state index contributed by atoms with van der Waals surface area (Å²) in [6, 6.07) is 10.6. The summed E-state index contributed by atoms with van der Waals surface area (Å²) in [5.41, 5.74) is 4.86. The second kappa shape index (κ2) is 4.72. The molecule has 0 N–H and O–H groups in total. The van der Waals surface area contributed by atoms with E-state index in [9.17, 15) is 0 Å². The van der Waals surface area contributed by atoms with Crippen LogP contribution in [0.3, 0.4) is 0 Å². The van der Waals surface area contributed by atoms with Gasteiger partial charge in [0.2, 0.25) is 0 Å². The van der Waals surface area contributed by atoms with E-state index >= 15 is 0 Å². The van der Waals surface area contributed by atoms with Crippen molar-refractivity contribution in [3.05, 3.63) is 65.9 Å². The fraction of sp³-hybridized carbons (Fsp3) is 0.250. The van der Waals surface area contributed by atoms with Gasteiger partial charge in [0.25, 0.3) is 0 Å². The fourth-order valence-electron chi connectivity index (χ4n) is 2.91. The van der Waals surface area contributed by atoms with Crippen molar-refractivity contribution >= 4 is 5.65 Å². The molecule has 20 heavy (non-hydrogen) atoms. The molecule has 4 rings (SSSR count). The van der Waals surface area contributed by atoms with Crippen LogP contribution in [0.4, 0.5) is 0 Å². The van der Waals surface area contributed by atoms with Gasteiger partial charge in [-0.15, -0.1) is 0 Å². The lowest BCUT2D eigenvalue weighted by Gasteiger charge is -2.26. The van der Waals surface area contributed by atoms with Crippen molar-refractivity contribution in [1.29, 1.82) is 0 Å². The lowest BCUT2D eigenvalue weighted by atomic mass is 10.1. The van der Waals surface area contributed by atoms with Crippen molar-refractivity contribution in [3.8, 4) is 0 Å². The smallest absolute Gasteiger partial charge is 0.155 e. The topological polar surface area (TPSA) is 33.4 Å². The molecule has 0 unspecified atom stereocenters. The molecule has 4 heteroatoms. The highest BCUT2D eigenvalue weighted by atomic mass is 15.2. The van der Waals surface area contributed by atoms with Crippen molar-refractivity contribution in [1.82, 2.24) is 19.3 Å². The molecule has 4 nitrogen and oxygen atoms in total. The van der Waals surface area contributed by atoms with E-state index in [1.807, 2.05) is 18.6 Å². The predicted molar refractivity (Wildman–Crippen MR) is 77.2 cm³/mol. The Hall–Kier alpha value is -2.20. The van der Waals surface area contributed by atoms with Crippen LogP contribution in [0.25, 0.3) is 5.65 Å². The van der Waals surface area contributed by atoms with E-state index in [2.05, 4.69) is 49.6 Å². The van der Waals surface area contributed by atoms with Crippen LogP contribution in [-0.4, -0.2) is 25.8 Å². The number of nitrogens with zero attached hydrogens (tertiary/aromatic N) is 4. The Bertz CT molecular complexity index is 733. The summed E-state index contributed by atoms with van der Waals surface area (Å²) in [5.74, 6) is 0. The van der Waals surface area contributed by atoms with Gasteiger partial charge in [0.05, 0.1) is 17.6 Å². The zero-order chi connectivity index (χ0) is 13.4. The molecule has 0 radical (unpaired) electrons. The third kappa shape index (κ3) is 1.98. The molecule has 3 heterocycles. The first-order valence-corrected chi connectivity index (χ1v) is 6.96. The first-order valence-electron chi connectivity index (χ1n) is 6.96. The molecule has 0 aliphatic carbocycles. The summed E-state index contributed by atoms with van der Waals surface area (Å²) in [5, 5.41) is 0.